The third kappa shape index (κ3) is 2.47. The van der Waals surface area contributed by atoms with Gasteiger partial charge in [0.05, 0.1) is 17.3 Å². The smallest absolute Gasteiger partial charge is 0.0956 e. The van der Waals surface area contributed by atoms with Crippen molar-refractivity contribution in [3.63, 3.8) is 0 Å². The minimum Gasteiger partial charge on any atom is -0.398 e. The summed E-state index contributed by atoms with van der Waals surface area (Å²) < 4.78 is 6.45. The summed E-state index contributed by atoms with van der Waals surface area (Å²) in [6.07, 6.45) is 4.38. The van der Waals surface area contributed by atoms with Crippen molar-refractivity contribution in [3.05, 3.63) is 28.9 Å². The predicted molar refractivity (Wildman–Crippen MR) is 86.1 cm³/mol. The summed E-state index contributed by atoms with van der Waals surface area (Å²) in [5.74, 6) is 0. The van der Waals surface area contributed by atoms with Gasteiger partial charge in [0, 0.05) is 41.9 Å². The molecule has 2 aromatic rings. The van der Waals surface area contributed by atoms with Crippen LogP contribution in [0.2, 0.25) is 0 Å². The number of nitrogens with two attached hydrogens (primary N) is 1. The van der Waals surface area contributed by atoms with Crippen LogP contribution in [0.3, 0.4) is 0 Å². The normalized spacial score (nSPS) is 19.5. The van der Waals surface area contributed by atoms with Gasteiger partial charge in [0.2, 0.25) is 0 Å². The molecule has 5 heteroatoms. The summed E-state index contributed by atoms with van der Waals surface area (Å²) in [5.41, 5.74) is 8.94. The molecule has 0 amide bonds. The highest BCUT2D eigenvalue weighted by Crippen LogP contribution is 2.32. The fraction of sp³-hybridized carbons (Fsp3) is 0.400. The highest BCUT2D eigenvalue weighted by atomic mass is 79.9. The summed E-state index contributed by atoms with van der Waals surface area (Å²) in [6, 6.07) is 6.05. The molecule has 2 heterocycles. The topological polar surface area (TPSA) is 51.4 Å². The largest absolute Gasteiger partial charge is 0.398 e. The van der Waals surface area contributed by atoms with E-state index in [-0.39, 0.29) is 0 Å². The monoisotopic (exact) mass is 335 g/mol. The van der Waals surface area contributed by atoms with Crippen LogP contribution in [0.15, 0.2) is 28.9 Å². The Kier molecular flexibility index (Phi) is 3.81. The number of pyridine rings is 1. The Balaban J connectivity index is 2.05. The lowest BCUT2D eigenvalue weighted by Gasteiger charge is -2.34. The molecule has 4 nitrogen and oxygen atoms in total. The van der Waals surface area contributed by atoms with Gasteiger partial charge in [0.15, 0.2) is 0 Å². The molecule has 0 aliphatic carbocycles. The first-order chi connectivity index (χ1) is 9.69. The number of benzene rings is 1. The molecule has 1 atom stereocenters. The first-order valence-corrected chi connectivity index (χ1v) is 7.60. The molecule has 0 bridgehead atoms. The van der Waals surface area contributed by atoms with Gasteiger partial charge in [-0.1, -0.05) is 0 Å². The maximum absolute atomic E-state index is 6.07. The summed E-state index contributed by atoms with van der Waals surface area (Å²) in [7, 11) is 1.78. The van der Waals surface area contributed by atoms with E-state index >= 15 is 0 Å². The molecule has 3 rings (SSSR count). The highest BCUT2D eigenvalue weighted by molar-refractivity contribution is 9.10. The standard InChI is InChI=1S/C15H18BrN3O/c1-20-11-3-2-6-19(9-11)14-5-4-13(17)12-7-10(16)8-18-15(12)14/h4-5,7-8,11H,2-3,6,9,17H2,1H3. The molecule has 106 valence electrons. The average molecular weight is 336 g/mol. The van der Waals surface area contributed by atoms with Gasteiger partial charge in [-0.05, 0) is 47.0 Å². The number of nitrogens with zero attached hydrogens (tertiary/aromatic N) is 2. The number of hydrogen-bond donors (Lipinski definition) is 1. The number of ether oxygens (including phenoxy) is 1. The zero-order valence-corrected chi connectivity index (χ0v) is 13.1. The van der Waals surface area contributed by atoms with Gasteiger partial charge >= 0.3 is 0 Å². The van der Waals surface area contributed by atoms with Crippen molar-refractivity contribution in [2.24, 2.45) is 0 Å². The second-order valence-corrected chi connectivity index (χ2v) is 6.09. The molecule has 0 saturated carbocycles. The lowest BCUT2D eigenvalue weighted by Crippen LogP contribution is -2.39. The molecule has 20 heavy (non-hydrogen) atoms. The van der Waals surface area contributed by atoms with Gasteiger partial charge in [-0.25, -0.2) is 0 Å². The van der Waals surface area contributed by atoms with Gasteiger partial charge in [-0.15, -0.1) is 0 Å². The van der Waals surface area contributed by atoms with Crippen LogP contribution >= 0.6 is 15.9 Å². The number of rotatable bonds is 2. The van der Waals surface area contributed by atoms with Crippen LogP contribution in [0.1, 0.15) is 12.8 Å². The molecule has 1 aliphatic heterocycles. The van der Waals surface area contributed by atoms with Crippen molar-refractivity contribution in [2.75, 3.05) is 30.8 Å². The zero-order valence-electron chi connectivity index (χ0n) is 11.5. The van der Waals surface area contributed by atoms with E-state index in [0.29, 0.717) is 6.10 Å². The number of piperidine rings is 1. The number of aromatic nitrogens is 1. The summed E-state index contributed by atoms with van der Waals surface area (Å²) in [5, 5.41) is 0.997. The molecule has 1 fully saturated rings. The second kappa shape index (κ2) is 5.58. The molecular weight excluding hydrogens is 318 g/mol. The van der Waals surface area contributed by atoms with Gasteiger partial charge in [0.25, 0.3) is 0 Å². The Labute approximate surface area is 127 Å². The van der Waals surface area contributed by atoms with Crippen molar-refractivity contribution >= 4 is 38.2 Å². The highest BCUT2D eigenvalue weighted by Gasteiger charge is 2.21. The third-order valence-electron chi connectivity index (χ3n) is 3.88. The molecule has 1 aromatic carbocycles. The van der Waals surface area contributed by atoms with Crippen molar-refractivity contribution in [3.8, 4) is 0 Å². The lowest BCUT2D eigenvalue weighted by molar-refractivity contribution is 0.0894. The molecular formula is C15H18BrN3O. The van der Waals surface area contributed by atoms with Crippen LogP contribution in [0, 0.1) is 0 Å². The Morgan fingerprint density at radius 1 is 1.45 bits per heavy atom. The van der Waals surface area contributed by atoms with Gasteiger partial charge in [-0.2, -0.15) is 0 Å². The van der Waals surface area contributed by atoms with Crippen LogP contribution in [-0.2, 0) is 4.74 Å². The van der Waals surface area contributed by atoms with Gasteiger partial charge in [0.1, 0.15) is 0 Å². The van der Waals surface area contributed by atoms with E-state index in [0.717, 1.165) is 52.7 Å². The van der Waals surface area contributed by atoms with Gasteiger partial charge < -0.3 is 15.4 Å². The van der Waals surface area contributed by atoms with Crippen molar-refractivity contribution in [1.82, 2.24) is 4.98 Å². The Bertz CT molecular complexity index is 632. The quantitative estimate of drug-likeness (QED) is 0.856. The van der Waals surface area contributed by atoms with Crippen LogP contribution in [0.25, 0.3) is 10.9 Å². The van der Waals surface area contributed by atoms with Crippen LogP contribution in [0.4, 0.5) is 11.4 Å². The number of nitrogen functional groups attached to an aromatic ring is 1. The van der Waals surface area contributed by atoms with E-state index in [1.165, 1.54) is 0 Å². The lowest BCUT2D eigenvalue weighted by atomic mass is 10.1. The van der Waals surface area contributed by atoms with Crippen LogP contribution in [-0.4, -0.2) is 31.3 Å². The van der Waals surface area contributed by atoms with E-state index < -0.39 is 0 Å². The summed E-state index contributed by atoms with van der Waals surface area (Å²) in [6.45, 7) is 1.95. The first kappa shape index (κ1) is 13.6. The number of methoxy groups -OCH3 is 1. The zero-order chi connectivity index (χ0) is 14.1. The molecule has 1 saturated heterocycles. The fourth-order valence-electron chi connectivity index (χ4n) is 2.81. The number of halogens is 1. The average Bonchev–Trinajstić information content (AvgIpc) is 2.48. The van der Waals surface area contributed by atoms with E-state index in [1.807, 2.05) is 18.3 Å². The van der Waals surface area contributed by atoms with Gasteiger partial charge in [-0.3, -0.25) is 4.98 Å². The van der Waals surface area contributed by atoms with E-state index in [1.54, 1.807) is 7.11 Å². The van der Waals surface area contributed by atoms with E-state index in [9.17, 15) is 0 Å². The maximum atomic E-state index is 6.07. The fourth-order valence-corrected chi connectivity index (χ4v) is 3.14. The summed E-state index contributed by atoms with van der Waals surface area (Å²) in [4.78, 5) is 6.91. The number of fused-ring (bicyclic) bond motifs is 1. The van der Waals surface area contributed by atoms with Crippen molar-refractivity contribution in [2.45, 2.75) is 18.9 Å². The predicted octanol–water partition coefficient (Wildman–Crippen LogP) is 3.19. The number of anilines is 2. The Morgan fingerprint density at radius 3 is 3.10 bits per heavy atom. The molecule has 1 unspecified atom stereocenters. The first-order valence-electron chi connectivity index (χ1n) is 6.80. The molecule has 2 N–H and O–H groups in total. The second-order valence-electron chi connectivity index (χ2n) is 5.17. The van der Waals surface area contributed by atoms with E-state index in [2.05, 4.69) is 31.9 Å². The Morgan fingerprint density at radius 2 is 2.30 bits per heavy atom. The minimum atomic E-state index is 0.298. The van der Waals surface area contributed by atoms with Crippen LogP contribution in [0.5, 0.6) is 0 Å². The van der Waals surface area contributed by atoms with E-state index in [4.69, 9.17) is 10.5 Å². The van der Waals surface area contributed by atoms with Crippen molar-refractivity contribution < 1.29 is 4.74 Å². The third-order valence-corrected chi connectivity index (χ3v) is 4.31. The SMILES string of the molecule is COC1CCCN(c2ccc(N)c3cc(Br)cnc23)C1. The molecule has 0 spiro atoms. The minimum absolute atomic E-state index is 0.298. The number of hydrogen-bond acceptors (Lipinski definition) is 4. The maximum Gasteiger partial charge on any atom is 0.0956 e. The summed E-state index contributed by atoms with van der Waals surface area (Å²) >= 11 is 3.46. The molecule has 1 aliphatic rings. The molecule has 1 aromatic heterocycles. The Hall–Kier alpha value is -1.33. The molecule has 0 radical (unpaired) electrons. The van der Waals surface area contributed by atoms with Crippen molar-refractivity contribution in [1.29, 1.82) is 0 Å². The van der Waals surface area contributed by atoms with Crippen LogP contribution < -0.4 is 10.6 Å².